The van der Waals surface area contributed by atoms with Gasteiger partial charge in [-0.05, 0) is 30.7 Å². The van der Waals surface area contributed by atoms with Crippen LogP contribution < -0.4 is 15.4 Å². The Bertz CT molecular complexity index is 678. The number of nitrogens with zero attached hydrogens (tertiary/aromatic N) is 1. The molecule has 0 radical (unpaired) electrons. The monoisotopic (exact) mass is 286 g/mol. The lowest BCUT2D eigenvalue weighted by molar-refractivity contribution is 0.102. The number of ether oxygens (including phenoxy) is 1. The van der Waals surface area contributed by atoms with Gasteiger partial charge in [0.1, 0.15) is 5.75 Å². The van der Waals surface area contributed by atoms with Crippen LogP contribution in [0.25, 0.3) is 0 Å². The Morgan fingerprint density at radius 1 is 1.43 bits per heavy atom. The first kappa shape index (κ1) is 13.6. The van der Waals surface area contributed by atoms with Gasteiger partial charge in [0.15, 0.2) is 5.69 Å². The van der Waals surface area contributed by atoms with Crippen molar-refractivity contribution >= 4 is 11.6 Å². The van der Waals surface area contributed by atoms with Gasteiger partial charge in [-0.3, -0.25) is 9.89 Å². The van der Waals surface area contributed by atoms with Gasteiger partial charge >= 0.3 is 0 Å². The number of aromatic nitrogens is 2. The van der Waals surface area contributed by atoms with Crippen molar-refractivity contribution in [1.29, 1.82) is 0 Å². The number of aryl methyl sites for hydroxylation is 1. The topological polar surface area (TPSA) is 79.0 Å². The number of fused-ring (bicyclic) bond motifs is 1. The normalized spacial score (nSPS) is 13.6. The summed E-state index contributed by atoms with van der Waals surface area (Å²) < 4.78 is 5.16. The summed E-state index contributed by atoms with van der Waals surface area (Å²) in [5, 5.41) is 13.3. The Kier molecular flexibility index (Phi) is 3.62. The molecule has 110 valence electrons. The first-order chi connectivity index (χ1) is 10.2. The van der Waals surface area contributed by atoms with Crippen LogP contribution in [-0.2, 0) is 13.0 Å². The molecule has 0 aliphatic carbocycles. The highest BCUT2D eigenvalue weighted by atomic mass is 16.5. The molecule has 2 aromatic rings. The Morgan fingerprint density at radius 3 is 3.05 bits per heavy atom. The molecule has 0 saturated carbocycles. The maximum Gasteiger partial charge on any atom is 0.276 e. The van der Waals surface area contributed by atoms with E-state index in [9.17, 15) is 4.79 Å². The Morgan fingerprint density at radius 2 is 2.29 bits per heavy atom. The zero-order valence-corrected chi connectivity index (χ0v) is 12.1. The lowest BCUT2D eigenvalue weighted by Gasteiger charge is -2.13. The highest BCUT2D eigenvalue weighted by Crippen LogP contribution is 2.22. The average Bonchev–Trinajstić information content (AvgIpc) is 2.93. The molecule has 0 fully saturated rings. The number of aromatic amines is 1. The van der Waals surface area contributed by atoms with Crippen LogP contribution >= 0.6 is 0 Å². The molecule has 1 amide bonds. The van der Waals surface area contributed by atoms with Crippen LogP contribution in [0.4, 0.5) is 5.69 Å². The maximum absolute atomic E-state index is 12.4. The van der Waals surface area contributed by atoms with E-state index in [2.05, 4.69) is 20.8 Å². The van der Waals surface area contributed by atoms with Gasteiger partial charge in [0.2, 0.25) is 0 Å². The van der Waals surface area contributed by atoms with Crippen molar-refractivity contribution in [1.82, 2.24) is 15.5 Å². The molecule has 3 N–H and O–H groups in total. The van der Waals surface area contributed by atoms with Crippen molar-refractivity contribution in [2.45, 2.75) is 19.9 Å². The second-order valence-corrected chi connectivity index (χ2v) is 5.09. The fourth-order valence-electron chi connectivity index (χ4n) is 2.50. The summed E-state index contributed by atoms with van der Waals surface area (Å²) in [7, 11) is 1.62. The number of carbonyl (C=O) groups excluding carboxylic acids is 1. The number of nitrogens with one attached hydrogen (secondary N) is 3. The summed E-state index contributed by atoms with van der Waals surface area (Å²) in [6, 6.07) is 5.55. The third kappa shape index (κ3) is 2.62. The number of H-pyrrole nitrogens is 1. The summed E-state index contributed by atoms with van der Waals surface area (Å²) in [4.78, 5) is 12.4. The molecule has 0 saturated heterocycles. The van der Waals surface area contributed by atoms with Crippen molar-refractivity contribution in [3.63, 3.8) is 0 Å². The van der Waals surface area contributed by atoms with Gasteiger partial charge in [-0.1, -0.05) is 0 Å². The van der Waals surface area contributed by atoms with Crippen LogP contribution in [0.1, 0.15) is 27.3 Å². The van der Waals surface area contributed by atoms with E-state index >= 15 is 0 Å². The molecule has 6 heteroatoms. The maximum atomic E-state index is 12.4. The lowest BCUT2D eigenvalue weighted by atomic mass is 10.1. The summed E-state index contributed by atoms with van der Waals surface area (Å²) in [6.45, 7) is 3.52. The van der Waals surface area contributed by atoms with E-state index in [1.807, 2.05) is 25.1 Å². The van der Waals surface area contributed by atoms with E-state index in [-0.39, 0.29) is 5.91 Å². The van der Waals surface area contributed by atoms with Gasteiger partial charge < -0.3 is 15.4 Å². The molecular formula is C15H18N4O2. The molecule has 2 heterocycles. The molecule has 0 bridgehead atoms. The highest BCUT2D eigenvalue weighted by molar-refractivity contribution is 6.04. The quantitative estimate of drug-likeness (QED) is 0.801. The standard InChI is InChI=1S/C15H18N4O2/c1-9-7-10(21-2)3-4-12(9)17-15(20)14-11-8-16-6-5-13(11)18-19-14/h3-4,7,16H,5-6,8H2,1-2H3,(H,17,20)(H,18,19). The minimum absolute atomic E-state index is 0.190. The number of anilines is 1. The van der Waals surface area contributed by atoms with E-state index in [0.717, 1.165) is 41.2 Å². The second kappa shape index (κ2) is 5.57. The van der Waals surface area contributed by atoms with Gasteiger partial charge in [-0.15, -0.1) is 0 Å². The predicted molar refractivity (Wildman–Crippen MR) is 79.7 cm³/mol. The van der Waals surface area contributed by atoms with Crippen molar-refractivity contribution in [3.05, 3.63) is 40.7 Å². The fourth-order valence-corrected chi connectivity index (χ4v) is 2.50. The molecule has 3 rings (SSSR count). The predicted octanol–water partition coefficient (Wildman–Crippen LogP) is 1.62. The van der Waals surface area contributed by atoms with Crippen LogP contribution in [0.3, 0.4) is 0 Å². The van der Waals surface area contributed by atoms with Gasteiger partial charge in [-0.25, -0.2) is 0 Å². The summed E-state index contributed by atoms with van der Waals surface area (Å²) in [6.07, 6.45) is 0.872. The lowest BCUT2D eigenvalue weighted by Crippen LogP contribution is -2.25. The number of rotatable bonds is 3. The number of carbonyl (C=O) groups is 1. The molecule has 0 spiro atoms. The van der Waals surface area contributed by atoms with Crippen molar-refractivity contribution in [2.24, 2.45) is 0 Å². The van der Waals surface area contributed by atoms with Crippen LogP contribution in [0, 0.1) is 6.92 Å². The Labute approximate surface area is 122 Å². The molecular weight excluding hydrogens is 268 g/mol. The molecule has 1 aliphatic heterocycles. The molecule has 1 aliphatic rings. The molecule has 1 aromatic carbocycles. The summed E-state index contributed by atoms with van der Waals surface area (Å²) in [5.74, 6) is 0.580. The summed E-state index contributed by atoms with van der Waals surface area (Å²) >= 11 is 0. The zero-order valence-electron chi connectivity index (χ0n) is 12.1. The van der Waals surface area contributed by atoms with Gasteiger partial charge in [0, 0.05) is 36.5 Å². The number of benzene rings is 1. The van der Waals surface area contributed by atoms with E-state index < -0.39 is 0 Å². The minimum Gasteiger partial charge on any atom is -0.497 e. The first-order valence-electron chi connectivity index (χ1n) is 6.92. The number of hydrogen-bond donors (Lipinski definition) is 3. The number of amides is 1. The zero-order chi connectivity index (χ0) is 14.8. The average molecular weight is 286 g/mol. The fraction of sp³-hybridized carbons (Fsp3) is 0.333. The Balaban J connectivity index is 1.82. The SMILES string of the molecule is COc1ccc(NC(=O)c2n[nH]c3c2CNCC3)c(C)c1. The van der Waals surface area contributed by atoms with E-state index in [4.69, 9.17) is 4.74 Å². The third-order valence-corrected chi connectivity index (χ3v) is 3.70. The minimum atomic E-state index is -0.190. The second-order valence-electron chi connectivity index (χ2n) is 5.09. The van der Waals surface area contributed by atoms with Crippen LogP contribution in [0.15, 0.2) is 18.2 Å². The van der Waals surface area contributed by atoms with Crippen molar-refractivity contribution < 1.29 is 9.53 Å². The van der Waals surface area contributed by atoms with Crippen molar-refractivity contribution in [3.8, 4) is 5.75 Å². The van der Waals surface area contributed by atoms with Crippen molar-refractivity contribution in [2.75, 3.05) is 19.0 Å². The molecule has 6 nitrogen and oxygen atoms in total. The number of hydrogen-bond acceptors (Lipinski definition) is 4. The van der Waals surface area contributed by atoms with Gasteiger partial charge in [-0.2, -0.15) is 5.10 Å². The van der Waals surface area contributed by atoms with E-state index in [0.29, 0.717) is 12.2 Å². The van der Waals surface area contributed by atoms with Crippen LogP contribution in [0.2, 0.25) is 0 Å². The van der Waals surface area contributed by atoms with E-state index in [1.165, 1.54) is 0 Å². The van der Waals surface area contributed by atoms with Crippen LogP contribution in [-0.4, -0.2) is 29.8 Å². The third-order valence-electron chi connectivity index (χ3n) is 3.70. The largest absolute Gasteiger partial charge is 0.497 e. The van der Waals surface area contributed by atoms with E-state index in [1.54, 1.807) is 7.11 Å². The number of methoxy groups -OCH3 is 1. The van der Waals surface area contributed by atoms with Gasteiger partial charge in [0.05, 0.1) is 7.11 Å². The summed E-state index contributed by atoms with van der Waals surface area (Å²) in [5.41, 5.74) is 4.19. The highest BCUT2D eigenvalue weighted by Gasteiger charge is 2.21. The first-order valence-corrected chi connectivity index (χ1v) is 6.92. The molecule has 1 aromatic heterocycles. The van der Waals surface area contributed by atoms with Gasteiger partial charge in [0.25, 0.3) is 5.91 Å². The van der Waals surface area contributed by atoms with Crippen LogP contribution in [0.5, 0.6) is 5.75 Å². The molecule has 0 atom stereocenters. The molecule has 21 heavy (non-hydrogen) atoms. The smallest absolute Gasteiger partial charge is 0.276 e. The Hall–Kier alpha value is -2.34. The molecule has 0 unspecified atom stereocenters.